The Bertz CT molecular complexity index is 229. The summed E-state index contributed by atoms with van der Waals surface area (Å²) in [5.41, 5.74) is 0. The quantitative estimate of drug-likeness (QED) is 0.658. The molecule has 0 atom stereocenters. The van der Waals surface area contributed by atoms with Crippen LogP contribution in [0.5, 0.6) is 5.75 Å². The molecule has 1 aromatic carbocycles. The molecule has 12 heavy (non-hydrogen) atoms. The predicted molar refractivity (Wildman–Crippen MR) is 46.7 cm³/mol. The van der Waals surface area contributed by atoms with Crippen LogP contribution in [0.15, 0.2) is 24.3 Å². The molecule has 0 unspecified atom stereocenters. The van der Waals surface area contributed by atoms with Crippen molar-refractivity contribution in [2.24, 2.45) is 0 Å². The van der Waals surface area contributed by atoms with E-state index in [4.69, 9.17) is 4.84 Å². The van der Waals surface area contributed by atoms with E-state index in [2.05, 4.69) is 6.07 Å². The lowest BCUT2D eigenvalue weighted by atomic mass is 10.3. The molecule has 1 aromatic rings. The van der Waals surface area contributed by atoms with Crippen molar-refractivity contribution < 1.29 is 4.84 Å². The van der Waals surface area contributed by atoms with Gasteiger partial charge >= 0.3 is 0 Å². The van der Waals surface area contributed by atoms with E-state index in [1.165, 1.54) is 12.8 Å². The zero-order valence-electron chi connectivity index (χ0n) is 6.99. The Kier molecular flexibility index (Phi) is 2.28. The number of hydroxylamine groups is 2. The monoisotopic (exact) mass is 162 g/mol. The summed E-state index contributed by atoms with van der Waals surface area (Å²) in [6.45, 7) is 2.09. The summed E-state index contributed by atoms with van der Waals surface area (Å²) in [6, 6.07) is 10.7. The lowest BCUT2D eigenvalue weighted by molar-refractivity contribution is -0.0349. The van der Waals surface area contributed by atoms with E-state index in [1.807, 2.05) is 29.3 Å². The van der Waals surface area contributed by atoms with Gasteiger partial charge in [-0.2, -0.15) is 0 Å². The van der Waals surface area contributed by atoms with Gasteiger partial charge in [-0.15, -0.1) is 5.06 Å². The molecule has 2 heteroatoms. The summed E-state index contributed by atoms with van der Waals surface area (Å²) in [5, 5.41) is 1.99. The van der Waals surface area contributed by atoms with E-state index in [-0.39, 0.29) is 0 Å². The summed E-state index contributed by atoms with van der Waals surface area (Å²) in [5.74, 6) is 0.819. The summed E-state index contributed by atoms with van der Waals surface area (Å²) < 4.78 is 0. The molecule has 63 valence electrons. The van der Waals surface area contributed by atoms with Crippen LogP contribution in [0.1, 0.15) is 12.8 Å². The average Bonchev–Trinajstić information content (AvgIpc) is 2.59. The zero-order valence-corrected chi connectivity index (χ0v) is 6.99. The van der Waals surface area contributed by atoms with Crippen LogP contribution in [0.2, 0.25) is 0 Å². The third-order valence-corrected chi connectivity index (χ3v) is 1.97. The van der Waals surface area contributed by atoms with Gasteiger partial charge in [0.05, 0.1) is 0 Å². The fraction of sp³-hybridized carbons (Fsp3) is 0.400. The van der Waals surface area contributed by atoms with Crippen LogP contribution in [0.4, 0.5) is 0 Å². The van der Waals surface area contributed by atoms with Crippen molar-refractivity contribution >= 4 is 0 Å². The molecule has 0 amide bonds. The molecule has 2 nitrogen and oxygen atoms in total. The van der Waals surface area contributed by atoms with E-state index >= 15 is 0 Å². The second-order valence-electron chi connectivity index (χ2n) is 2.95. The Morgan fingerprint density at radius 2 is 2.08 bits per heavy atom. The molecule has 2 rings (SSSR count). The normalized spacial score (nSPS) is 18.0. The van der Waals surface area contributed by atoms with E-state index in [0.29, 0.717) is 0 Å². The Morgan fingerprint density at radius 1 is 1.25 bits per heavy atom. The van der Waals surface area contributed by atoms with Crippen LogP contribution < -0.4 is 4.84 Å². The largest absolute Gasteiger partial charge is 0.405 e. The summed E-state index contributed by atoms with van der Waals surface area (Å²) in [7, 11) is 0. The highest BCUT2D eigenvalue weighted by Crippen LogP contribution is 2.13. The molecule has 1 aliphatic heterocycles. The molecule has 0 aromatic heterocycles. The van der Waals surface area contributed by atoms with Crippen molar-refractivity contribution in [2.75, 3.05) is 13.1 Å². The Balaban J connectivity index is 1.94. The van der Waals surface area contributed by atoms with Gasteiger partial charge in [0, 0.05) is 19.2 Å². The van der Waals surface area contributed by atoms with Gasteiger partial charge in [-0.05, 0) is 18.9 Å². The van der Waals surface area contributed by atoms with E-state index in [1.54, 1.807) is 0 Å². The first-order valence-electron chi connectivity index (χ1n) is 4.35. The topological polar surface area (TPSA) is 12.5 Å². The van der Waals surface area contributed by atoms with Crippen molar-refractivity contribution in [3.8, 4) is 5.75 Å². The van der Waals surface area contributed by atoms with E-state index in [0.717, 1.165) is 18.8 Å². The predicted octanol–water partition coefficient (Wildman–Crippen LogP) is 1.88. The maximum Gasteiger partial charge on any atom is 0.155 e. The van der Waals surface area contributed by atoms with Crippen LogP contribution in [0, 0.1) is 6.07 Å². The second kappa shape index (κ2) is 3.59. The van der Waals surface area contributed by atoms with Crippen LogP contribution >= 0.6 is 0 Å². The molecule has 1 aliphatic rings. The zero-order chi connectivity index (χ0) is 8.23. The first-order chi connectivity index (χ1) is 5.95. The van der Waals surface area contributed by atoms with Crippen molar-refractivity contribution in [2.45, 2.75) is 12.8 Å². The maximum atomic E-state index is 5.55. The number of rotatable bonds is 2. The summed E-state index contributed by atoms with van der Waals surface area (Å²) in [4.78, 5) is 5.55. The molecule has 1 fully saturated rings. The van der Waals surface area contributed by atoms with Gasteiger partial charge in [-0.25, -0.2) is 0 Å². The standard InChI is InChI=1S/C10H12NO/c1-2-6-10(7-3-1)12-11-8-4-5-9-11/h1-3,6H,4-5,8-9H2. The first kappa shape index (κ1) is 7.62. The summed E-state index contributed by atoms with van der Waals surface area (Å²) in [6.07, 6.45) is 2.49. The lowest BCUT2D eigenvalue weighted by Crippen LogP contribution is -2.23. The van der Waals surface area contributed by atoms with Gasteiger partial charge in [-0.1, -0.05) is 18.2 Å². The number of hydrogen-bond donors (Lipinski definition) is 0. The maximum absolute atomic E-state index is 5.55. The van der Waals surface area contributed by atoms with Crippen LogP contribution in [-0.4, -0.2) is 18.2 Å². The van der Waals surface area contributed by atoms with E-state index in [9.17, 15) is 0 Å². The molecule has 0 aliphatic carbocycles. The fourth-order valence-electron chi connectivity index (χ4n) is 1.35. The van der Waals surface area contributed by atoms with Crippen LogP contribution in [-0.2, 0) is 0 Å². The van der Waals surface area contributed by atoms with Crippen LogP contribution in [0.3, 0.4) is 0 Å². The average molecular weight is 162 g/mol. The molecule has 0 bridgehead atoms. The third-order valence-electron chi connectivity index (χ3n) is 1.97. The van der Waals surface area contributed by atoms with Gasteiger partial charge in [-0.3, -0.25) is 0 Å². The van der Waals surface area contributed by atoms with Gasteiger partial charge < -0.3 is 4.84 Å². The van der Waals surface area contributed by atoms with Gasteiger partial charge in [0.1, 0.15) is 0 Å². The Labute approximate surface area is 72.7 Å². The minimum Gasteiger partial charge on any atom is -0.405 e. The first-order valence-corrected chi connectivity index (χ1v) is 4.35. The molecular weight excluding hydrogens is 150 g/mol. The Hall–Kier alpha value is -1.02. The highest BCUT2D eigenvalue weighted by atomic mass is 16.7. The van der Waals surface area contributed by atoms with Crippen molar-refractivity contribution in [1.29, 1.82) is 0 Å². The summed E-state index contributed by atoms with van der Waals surface area (Å²) >= 11 is 0. The van der Waals surface area contributed by atoms with Gasteiger partial charge in [0.2, 0.25) is 0 Å². The van der Waals surface area contributed by atoms with Crippen molar-refractivity contribution in [3.05, 3.63) is 30.3 Å². The van der Waals surface area contributed by atoms with Crippen molar-refractivity contribution in [1.82, 2.24) is 5.06 Å². The molecule has 1 saturated heterocycles. The highest BCUT2D eigenvalue weighted by Gasteiger charge is 2.12. The fourth-order valence-corrected chi connectivity index (χ4v) is 1.35. The van der Waals surface area contributed by atoms with Crippen molar-refractivity contribution in [3.63, 3.8) is 0 Å². The molecule has 1 heterocycles. The minimum absolute atomic E-state index is 0.819. The molecular formula is C10H12NO. The highest BCUT2D eigenvalue weighted by molar-refractivity contribution is 5.18. The number of benzene rings is 1. The van der Waals surface area contributed by atoms with Gasteiger partial charge in [0.25, 0.3) is 0 Å². The number of para-hydroxylation sites is 1. The van der Waals surface area contributed by atoms with Gasteiger partial charge in [0.15, 0.2) is 5.75 Å². The number of nitrogens with zero attached hydrogens (tertiary/aromatic N) is 1. The molecule has 0 spiro atoms. The molecule has 0 saturated carbocycles. The third kappa shape index (κ3) is 1.77. The SMILES string of the molecule is [c]1ccccc1ON1CCCC1. The number of hydrogen-bond acceptors (Lipinski definition) is 2. The molecule has 0 N–H and O–H groups in total. The smallest absolute Gasteiger partial charge is 0.155 e. The molecule has 1 radical (unpaired) electrons. The minimum atomic E-state index is 0.819. The van der Waals surface area contributed by atoms with Crippen LogP contribution in [0.25, 0.3) is 0 Å². The lowest BCUT2D eigenvalue weighted by Gasteiger charge is -2.14. The second-order valence-corrected chi connectivity index (χ2v) is 2.95. The van der Waals surface area contributed by atoms with E-state index < -0.39 is 0 Å². The Morgan fingerprint density at radius 3 is 2.75 bits per heavy atom.